The average molecular weight is 548 g/mol. The van der Waals surface area contributed by atoms with Crippen LogP contribution in [0.25, 0.3) is 11.2 Å². The Morgan fingerprint density at radius 3 is 2.72 bits per heavy atom. The van der Waals surface area contributed by atoms with Crippen LogP contribution in [0.3, 0.4) is 0 Å². The molecule has 14 heteroatoms. The number of nitrogens with one attached hydrogen (secondary N) is 1. The number of fused-ring (bicyclic) bond motifs is 1. The van der Waals surface area contributed by atoms with Crippen molar-refractivity contribution in [1.29, 1.82) is 0 Å². The largest absolute Gasteiger partial charge is 0.444 e. The fourth-order valence-electron chi connectivity index (χ4n) is 5.44. The van der Waals surface area contributed by atoms with Gasteiger partial charge in [0.1, 0.15) is 29.7 Å². The first-order chi connectivity index (χ1) is 18.9. The van der Waals surface area contributed by atoms with Crippen LogP contribution in [0.15, 0.2) is 6.33 Å². The van der Waals surface area contributed by atoms with Gasteiger partial charge in [0.05, 0.1) is 19.5 Å². The molecule has 0 aliphatic carbocycles. The Labute approximate surface area is 225 Å². The second-order valence-corrected chi connectivity index (χ2v) is 10.4. The molecule has 0 radical (unpaired) electrons. The van der Waals surface area contributed by atoms with Crippen molar-refractivity contribution in [2.45, 2.75) is 76.1 Å². The molecule has 3 aliphatic rings. The summed E-state index contributed by atoms with van der Waals surface area (Å²) in [5, 5.41) is 23.6. The second-order valence-electron chi connectivity index (χ2n) is 10.4. The lowest BCUT2D eigenvalue weighted by Crippen LogP contribution is -2.42. The van der Waals surface area contributed by atoms with Crippen LogP contribution in [0, 0.1) is 5.92 Å². The summed E-state index contributed by atoms with van der Waals surface area (Å²) in [5.74, 6) is 0.735. The van der Waals surface area contributed by atoms with E-state index in [1.807, 2.05) is 0 Å². The number of nitrogens with zero attached hydrogens (tertiary/aromatic N) is 5. The van der Waals surface area contributed by atoms with Gasteiger partial charge in [0, 0.05) is 32.5 Å². The zero-order chi connectivity index (χ0) is 27.5. The fraction of sp³-hybridized carbons (Fsp3) is 0.720. The number of aryl methyl sites for hydroxylation is 1. The van der Waals surface area contributed by atoms with Crippen molar-refractivity contribution < 1.29 is 34.0 Å². The number of ether oxygens (including phenoxy) is 3. The number of rotatable bonds is 8. The maximum Gasteiger partial charge on any atom is 0.410 e. The molecular weight excluding hydrogens is 510 g/mol. The number of aromatic nitrogens is 4. The highest BCUT2D eigenvalue weighted by Crippen LogP contribution is 2.32. The van der Waals surface area contributed by atoms with Gasteiger partial charge in [-0.25, -0.2) is 19.7 Å². The molecule has 2 aromatic rings. The number of carbonyl (C=O) groups excluding carboxylic acids is 2. The summed E-state index contributed by atoms with van der Waals surface area (Å²) in [5.41, 5.74) is 6.88. The zero-order valence-corrected chi connectivity index (χ0v) is 22.1. The van der Waals surface area contributed by atoms with E-state index in [0.29, 0.717) is 62.2 Å². The van der Waals surface area contributed by atoms with Crippen LogP contribution in [0.5, 0.6) is 0 Å². The van der Waals surface area contributed by atoms with Gasteiger partial charge in [-0.3, -0.25) is 9.36 Å². The maximum atomic E-state index is 12.4. The predicted molar refractivity (Wildman–Crippen MR) is 137 cm³/mol. The highest BCUT2D eigenvalue weighted by atomic mass is 16.6. The van der Waals surface area contributed by atoms with Crippen LogP contribution >= 0.6 is 0 Å². The van der Waals surface area contributed by atoms with E-state index in [0.717, 1.165) is 32.1 Å². The number of likely N-dealkylation sites (N-methyl/N-ethyl adjacent to an activating group) is 1. The lowest BCUT2D eigenvalue weighted by molar-refractivity contribution is -0.137. The van der Waals surface area contributed by atoms with Gasteiger partial charge in [-0.2, -0.15) is 0 Å². The normalized spacial score (nSPS) is 27.8. The Kier molecular flexibility index (Phi) is 8.45. The van der Waals surface area contributed by atoms with E-state index in [1.54, 1.807) is 11.8 Å². The lowest BCUT2D eigenvalue weighted by Gasteiger charge is -2.32. The number of hydrogen-bond acceptors (Lipinski definition) is 11. The van der Waals surface area contributed by atoms with Crippen LogP contribution in [-0.2, 0) is 25.4 Å². The number of amides is 2. The molecule has 3 saturated heterocycles. The van der Waals surface area contributed by atoms with Gasteiger partial charge in [-0.05, 0) is 38.5 Å². The minimum Gasteiger partial charge on any atom is -0.444 e. The standard InChI is InChI=1S/C25H37N7O7/c1-2-27-23(35)20-18(33)19(34)24(39-20)32-13-28-17-21(26)29-16(30-22(17)32)5-3-4-14-6-9-31(10-7-14)25(36)38-15-8-11-37-12-15/h13-15,18-20,24,33-34H,2-12H2,1H3,(H,27,35)(H2,26,29,30)/t15?,18?,19-,20-,24+/m0/s1. The molecule has 39 heavy (non-hydrogen) atoms. The van der Waals surface area contributed by atoms with Gasteiger partial charge in [0.25, 0.3) is 5.91 Å². The van der Waals surface area contributed by atoms with Crippen LogP contribution in [-0.4, -0.2) is 104 Å². The molecular formula is C25H37N7O7. The SMILES string of the molecule is CCNC(=O)[C@H]1O[C@@H](n2cnc3c(N)nc(CCCC4CCN(C(=O)OC5CCOC5)CC4)nc32)[C@@H](O)C1O. The summed E-state index contributed by atoms with van der Waals surface area (Å²) >= 11 is 0. The molecule has 0 saturated carbocycles. The molecule has 214 valence electrons. The smallest absolute Gasteiger partial charge is 0.410 e. The molecule has 3 fully saturated rings. The van der Waals surface area contributed by atoms with E-state index in [-0.39, 0.29) is 18.0 Å². The van der Waals surface area contributed by atoms with Crippen LogP contribution in [0.4, 0.5) is 10.6 Å². The summed E-state index contributed by atoms with van der Waals surface area (Å²) in [6, 6.07) is 0. The molecule has 5 atom stereocenters. The third-order valence-electron chi connectivity index (χ3n) is 7.66. The number of aliphatic hydroxyl groups is 2. The van der Waals surface area contributed by atoms with Crippen LogP contribution in [0.1, 0.15) is 51.1 Å². The summed E-state index contributed by atoms with van der Waals surface area (Å²) < 4.78 is 18.0. The lowest BCUT2D eigenvalue weighted by atomic mass is 9.91. The number of nitrogens with two attached hydrogens (primary N) is 1. The number of anilines is 1. The Hall–Kier alpha value is -3.07. The van der Waals surface area contributed by atoms with E-state index >= 15 is 0 Å². The van der Waals surface area contributed by atoms with Gasteiger partial charge in [0.15, 0.2) is 23.8 Å². The van der Waals surface area contributed by atoms with Crippen LogP contribution < -0.4 is 11.1 Å². The van der Waals surface area contributed by atoms with Crippen molar-refractivity contribution in [1.82, 2.24) is 29.7 Å². The van der Waals surface area contributed by atoms with Gasteiger partial charge < -0.3 is 40.4 Å². The number of likely N-dealkylation sites (tertiary alicyclic amines) is 1. The van der Waals surface area contributed by atoms with Crippen molar-refractivity contribution >= 4 is 29.0 Å². The van der Waals surface area contributed by atoms with Crippen LogP contribution in [0.2, 0.25) is 0 Å². The van der Waals surface area contributed by atoms with E-state index in [2.05, 4.69) is 20.3 Å². The molecule has 2 unspecified atom stereocenters. The topological polar surface area (TPSA) is 187 Å². The maximum absolute atomic E-state index is 12.4. The molecule has 0 spiro atoms. The molecule has 2 aromatic heterocycles. The number of piperidine rings is 1. The quantitative estimate of drug-likeness (QED) is 0.352. The summed E-state index contributed by atoms with van der Waals surface area (Å²) in [6.07, 6.45) is 0.981. The first-order valence-corrected chi connectivity index (χ1v) is 13.7. The van der Waals surface area contributed by atoms with E-state index in [1.165, 1.54) is 10.9 Å². The molecule has 2 amide bonds. The van der Waals surface area contributed by atoms with E-state index in [4.69, 9.17) is 19.9 Å². The first-order valence-electron chi connectivity index (χ1n) is 13.7. The molecule has 5 N–H and O–H groups in total. The molecule has 5 heterocycles. The van der Waals surface area contributed by atoms with E-state index < -0.39 is 30.4 Å². The minimum absolute atomic E-state index is 0.133. The van der Waals surface area contributed by atoms with Gasteiger partial charge in [0.2, 0.25) is 0 Å². The molecule has 3 aliphatic heterocycles. The van der Waals surface area contributed by atoms with Gasteiger partial charge in [-0.1, -0.05) is 0 Å². The first kappa shape index (κ1) is 27.5. The number of nitrogen functional groups attached to an aromatic ring is 1. The molecule has 0 aromatic carbocycles. The highest BCUT2D eigenvalue weighted by Gasteiger charge is 2.47. The monoisotopic (exact) mass is 547 g/mol. The molecule has 0 bridgehead atoms. The second kappa shape index (κ2) is 12.0. The van der Waals surface area contributed by atoms with Crippen molar-refractivity contribution in [3.63, 3.8) is 0 Å². The Bertz CT molecular complexity index is 1160. The number of carbonyl (C=O) groups is 2. The predicted octanol–water partition coefficient (Wildman–Crippen LogP) is 0.124. The third kappa shape index (κ3) is 5.93. The number of aliphatic hydroxyl groups excluding tert-OH is 2. The summed E-state index contributed by atoms with van der Waals surface area (Å²) in [7, 11) is 0. The fourth-order valence-corrected chi connectivity index (χ4v) is 5.44. The average Bonchev–Trinajstić information content (AvgIpc) is 3.65. The molecule has 5 rings (SSSR count). The van der Waals surface area contributed by atoms with Crippen molar-refractivity contribution in [3.05, 3.63) is 12.2 Å². The minimum atomic E-state index is -1.40. The van der Waals surface area contributed by atoms with Gasteiger partial charge >= 0.3 is 6.09 Å². The van der Waals surface area contributed by atoms with Crippen molar-refractivity contribution in [2.24, 2.45) is 5.92 Å². The Balaban J connectivity index is 1.16. The Morgan fingerprint density at radius 2 is 2.00 bits per heavy atom. The zero-order valence-electron chi connectivity index (χ0n) is 22.1. The van der Waals surface area contributed by atoms with E-state index in [9.17, 15) is 19.8 Å². The van der Waals surface area contributed by atoms with Crippen molar-refractivity contribution in [2.75, 3.05) is 38.6 Å². The number of hydrogen-bond donors (Lipinski definition) is 4. The molecule has 14 nitrogen and oxygen atoms in total. The number of imidazole rings is 1. The summed E-state index contributed by atoms with van der Waals surface area (Å²) in [4.78, 5) is 39.7. The Morgan fingerprint density at radius 1 is 1.21 bits per heavy atom. The van der Waals surface area contributed by atoms with Crippen molar-refractivity contribution in [3.8, 4) is 0 Å². The highest BCUT2D eigenvalue weighted by molar-refractivity contribution is 5.83. The summed E-state index contributed by atoms with van der Waals surface area (Å²) in [6.45, 7) is 4.60. The third-order valence-corrected chi connectivity index (χ3v) is 7.66. The van der Waals surface area contributed by atoms with Gasteiger partial charge in [-0.15, -0.1) is 0 Å².